The van der Waals surface area contributed by atoms with Gasteiger partial charge in [-0.15, -0.1) is 0 Å². The van der Waals surface area contributed by atoms with Gasteiger partial charge in [-0.05, 0) is 26.3 Å². The molecule has 0 saturated carbocycles. The van der Waals surface area contributed by atoms with E-state index in [0.717, 1.165) is 25.7 Å². The van der Waals surface area contributed by atoms with Crippen molar-refractivity contribution in [2.75, 3.05) is 20.2 Å². The van der Waals surface area contributed by atoms with Crippen molar-refractivity contribution in [3.8, 4) is 0 Å². The van der Waals surface area contributed by atoms with Crippen LogP contribution < -0.4 is 11.1 Å². The van der Waals surface area contributed by atoms with Gasteiger partial charge in [-0.3, -0.25) is 0 Å². The minimum Gasteiger partial charge on any atom is -0.364 e. The zero-order valence-corrected chi connectivity index (χ0v) is 13.0. The molecular weight excluding hydrogens is 274 g/mol. The Labute approximate surface area is 125 Å². The van der Waals surface area contributed by atoms with Gasteiger partial charge in [0.15, 0.2) is 5.03 Å². The molecule has 122 valence electrons. The molecule has 0 amide bonds. The molecular formula is C13H27N5O3. The van der Waals surface area contributed by atoms with Crippen LogP contribution in [0, 0.1) is 10.1 Å². The third kappa shape index (κ3) is 5.84. The first-order valence-corrected chi connectivity index (χ1v) is 7.64. The maximum Gasteiger partial charge on any atom is 0.270 e. The van der Waals surface area contributed by atoms with Crippen molar-refractivity contribution in [1.29, 1.82) is 0 Å². The van der Waals surface area contributed by atoms with E-state index in [1.807, 2.05) is 7.05 Å². The molecule has 0 aliphatic carbocycles. The molecule has 8 heteroatoms. The van der Waals surface area contributed by atoms with Gasteiger partial charge in [0.05, 0.1) is 6.04 Å². The van der Waals surface area contributed by atoms with Crippen LogP contribution in [0.5, 0.6) is 0 Å². The minimum atomic E-state index is -0.767. The monoisotopic (exact) mass is 301 g/mol. The second-order valence-electron chi connectivity index (χ2n) is 5.25. The van der Waals surface area contributed by atoms with Crippen molar-refractivity contribution in [3.63, 3.8) is 0 Å². The van der Waals surface area contributed by atoms with Crippen LogP contribution in [0.1, 0.15) is 45.4 Å². The van der Waals surface area contributed by atoms with E-state index in [2.05, 4.69) is 17.3 Å². The van der Waals surface area contributed by atoms with Gasteiger partial charge in [0.2, 0.25) is 0 Å². The molecule has 0 aromatic rings. The van der Waals surface area contributed by atoms with Gasteiger partial charge < -0.3 is 20.7 Å². The lowest BCUT2D eigenvalue weighted by molar-refractivity contribution is -0.486. The van der Waals surface area contributed by atoms with E-state index in [-0.39, 0.29) is 18.2 Å². The molecule has 1 heterocycles. The maximum atomic E-state index is 10.5. The third-order valence-electron chi connectivity index (χ3n) is 3.70. The fourth-order valence-corrected chi connectivity index (χ4v) is 2.58. The zero-order valence-electron chi connectivity index (χ0n) is 13.0. The van der Waals surface area contributed by atoms with E-state index >= 15 is 0 Å². The van der Waals surface area contributed by atoms with E-state index in [9.17, 15) is 10.1 Å². The van der Waals surface area contributed by atoms with Crippen LogP contribution in [0.3, 0.4) is 0 Å². The highest BCUT2D eigenvalue weighted by molar-refractivity contribution is 5.77. The van der Waals surface area contributed by atoms with Gasteiger partial charge in [0.1, 0.15) is 11.3 Å². The number of nitro groups is 1. The highest BCUT2D eigenvalue weighted by atomic mass is 16.7. The summed E-state index contributed by atoms with van der Waals surface area (Å²) >= 11 is 0. The first kappa shape index (κ1) is 17.6. The molecule has 1 aliphatic heterocycles. The van der Waals surface area contributed by atoms with E-state index in [1.54, 1.807) is 4.90 Å². The lowest BCUT2D eigenvalue weighted by atomic mass is 10.0. The van der Waals surface area contributed by atoms with E-state index in [4.69, 9.17) is 10.5 Å². The Morgan fingerprint density at radius 3 is 2.90 bits per heavy atom. The molecule has 1 fully saturated rings. The minimum absolute atomic E-state index is 0.0847. The molecule has 3 N–H and O–H groups in total. The molecule has 0 bridgehead atoms. The number of piperidine rings is 1. The molecule has 2 atom stereocenters. The molecule has 1 aliphatic rings. The number of nitrogens with two attached hydrogens (primary N) is 1. The quantitative estimate of drug-likeness (QED) is 0.229. The van der Waals surface area contributed by atoms with E-state index < -0.39 is 5.03 Å². The Morgan fingerprint density at radius 2 is 2.29 bits per heavy atom. The molecule has 0 spiro atoms. The second-order valence-corrected chi connectivity index (χ2v) is 5.25. The summed E-state index contributed by atoms with van der Waals surface area (Å²) in [4.78, 5) is 12.2. The highest BCUT2D eigenvalue weighted by Crippen LogP contribution is 2.19. The summed E-state index contributed by atoms with van der Waals surface area (Å²) in [5.41, 5.74) is 5.74. The average Bonchev–Trinajstić information content (AvgIpc) is 2.46. The molecule has 0 aromatic heterocycles. The molecule has 2 unspecified atom stereocenters. The number of hydrogen-bond acceptors (Lipinski definition) is 4. The summed E-state index contributed by atoms with van der Waals surface area (Å²) in [6.45, 7) is 3.42. The predicted molar refractivity (Wildman–Crippen MR) is 81.3 cm³/mol. The van der Waals surface area contributed by atoms with Gasteiger partial charge in [-0.2, -0.15) is 0 Å². The maximum absolute atomic E-state index is 10.5. The van der Waals surface area contributed by atoms with Crippen LogP contribution in [0.2, 0.25) is 0 Å². The van der Waals surface area contributed by atoms with Crippen LogP contribution in [0.15, 0.2) is 5.10 Å². The number of guanidine groups is 1. The van der Waals surface area contributed by atoms with E-state index in [1.165, 1.54) is 12.8 Å². The summed E-state index contributed by atoms with van der Waals surface area (Å²) in [6, 6.07) is 0.102. The zero-order chi connectivity index (χ0) is 15.7. The first-order valence-electron chi connectivity index (χ1n) is 7.64. The van der Waals surface area contributed by atoms with Gasteiger partial charge >= 0.3 is 0 Å². The number of likely N-dealkylation sites (N-methyl/N-ethyl adjacent to an activating group) is 1. The fraction of sp³-hybridized carbons (Fsp3) is 0.923. The number of rotatable bonds is 8. The molecule has 21 heavy (non-hydrogen) atoms. The molecule has 0 aromatic carbocycles. The first-order chi connectivity index (χ1) is 10.1. The summed E-state index contributed by atoms with van der Waals surface area (Å²) in [7, 11) is 1.86. The summed E-state index contributed by atoms with van der Waals surface area (Å²) in [5.74, 6) is -0.0847. The number of likely N-dealkylation sites (tertiary alicyclic amines) is 1. The van der Waals surface area contributed by atoms with Crippen molar-refractivity contribution in [1.82, 2.24) is 10.2 Å². The van der Waals surface area contributed by atoms with Crippen molar-refractivity contribution in [3.05, 3.63) is 10.1 Å². The third-order valence-corrected chi connectivity index (χ3v) is 3.70. The van der Waals surface area contributed by atoms with Gasteiger partial charge in [-0.1, -0.05) is 26.2 Å². The molecule has 1 rings (SSSR count). The van der Waals surface area contributed by atoms with Gasteiger partial charge in [0, 0.05) is 13.2 Å². The highest BCUT2D eigenvalue weighted by Gasteiger charge is 2.33. The Kier molecular flexibility index (Phi) is 7.99. The van der Waals surface area contributed by atoms with Crippen LogP contribution in [0.4, 0.5) is 0 Å². The van der Waals surface area contributed by atoms with Crippen molar-refractivity contribution in [2.24, 2.45) is 10.8 Å². The lowest BCUT2D eigenvalue weighted by Crippen LogP contribution is -2.58. The van der Waals surface area contributed by atoms with Crippen LogP contribution in [0.25, 0.3) is 0 Å². The lowest BCUT2D eigenvalue weighted by Gasteiger charge is -2.40. The number of ether oxygens (including phenoxy) is 1. The standard InChI is InChI=1S/C13H27N5O3/c1-3-4-5-6-10-21-12-11(15-2)8-7-9-17(12)13(14)16-18(19)20/h11-12,15H,3-10H2,1-2H3,(H2,14,16). The van der Waals surface area contributed by atoms with Gasteiger partial charge in [0.25, 0.3) is 5.96 Å². The predicted octanol–water partition coefficient (Wildman–Crippen LogP) is 1.10. The van der Waals surface area contributed by atoms with Crippen molar-refractivity contribution >= 4 is 5.96 Å². The number of hydrogen-bond donors (Lipinski definition) is 2. The van der Waals surface area contributed by atoms with Crippen molar-refractivity contribution < 1.29 is 9.77 Å². The Bertz CT molecular complexity index is 351. The summed E-state index contributed by atoms with van der Waals surface area (Å²) < 4.78 is 5.93. The fourth-order valence-electron chi connectivity index (χ4n) is 2.58. The Balaban J connectivity index is 2.62. The molecule has 1 saturated heterocycles. The SMILES string of the molecule is CCCCCCOC1C(NC)CCCN1/C(N)=N/[N+](=O)[O-]. The molecule has 8 nitrogen and oxygen atoms in total. The smallest absolute Gasteiger partial charge is 0.270 e. The van der Waals surface area contributed by atoms with Crippen molar-refractivity contribution in [2.45, 2.75) is 57.7 Å². The Morgan fingerprint density at radius 1 is 1.52 bits per heavy atom. The second kappa shape index (κ2) is 9.51. The van der Waals surface area contributed by atoms with E-state index in [0.29, 0.717) is 13.2 Å². The van der Waals surface area contributed by atoms with Gasteiger partial charge in [-0.25, -0.2) is 10.1 Å². The number of nitrogens with zero attached hydrogens (tertiary/aromatic N) is 3. The normalized spacial score (nSPS) is 23.3. The average molecular weight is 301 g/mol. The topological polar surface area (TPSA) is 106 Å². The summed E-state index contributed by atoms with van der Waals surface area (Å²) in [6.07, 6.45) is 6.05. The summed E-state index contributed by atoms with van der Waals surface area (Å²) in [5, 5.41) is 16.1. The number of hydrazone groups is 1. The Hall–Kier alpha value is -1.41. The number of unbranched alkanes of at least 4 members (excludes halogenated alkanes) is 3. The van der Waals surface area contributed by atoms with Crippen LogP contribution in [-0.4, -0.2) is 48.4 Å². The van der Waals surface area contributed by atoms with Crippen LogP contribution in [-0.2, 0) is 4.74 Å². The molecule has 0 radical (unpaired) electrons. The largest absolute Gasteiger partial charge is 0.364 e. The van der Waals surface area contributed by atoms with Crippen LogP contribution >= 0.6 is 0 Å². The number of nitrogens with one attached hydrogen (secondary N) is 1.